The Morgan fingerprint density at radius 3 is 2.85 bits per heavy atom. The molecule has 0 radical (unpaired) electrons. The Balaban J connectivity index is 2.59. The molecule has 0 aliphatic heterocycles. The average Bonchev–Trinajstić information content (AvgIpc) is 2.11. The van der Waals surface area contributed by atoms with Gasteiger partial charge in [0.2, 0.25) is 0 Å². The molecule has 0 atom stereocenters. The normalized spacial score (nSPS) is 10.1. The fraction of sp³-hybridized carbons (Fsp3) is 0.400. The fourth-order valence-corrected chi connectivity index (χ4v) is 1.24. The number of aryl methyl sites for hydroxylation is 1. The predicted octanol–water partition coefficient (Wildman–Crippen LogP) is 3.66. The SMILES string of the molecule is Cc1ccc(Cl)c(OCCCCl)c1. The van der Waals surface area contributed by atoms with Crippen LogP contribution in [0.4, 0.5) is 0 Å². The van der Waals surface area contributed by atoms with Crippen molar-refractivity contribution in [1.29, 1.82) is 0 Å². The lowest BCUT2D eigenvalue weighted by atomic mass is 10.2. The maximum Gasteiger partial charge on any atom is 0.138 e. The third-order valence-corrected chi connectivity index (χ3v) is 2.20. The lowest BCUT2D eigenvalue weighted by molar-refractivity contribution is 0.318. The highest BCUT2D eigenvalue weighted by Crippen LogP contribution is 2.25. The van der Waals surface area contributed by atoms with Gasteiger partial charge in [0, 0.05) is 5.88 Å². The van der Waals surface area contributed by atoms with Gasteiger partial charge in [0.15, 0.2) is 0 Å². The van der Waals surface area contributed by atoms with E-state index in [4.69, 9.17) is 27.9 Å². The summed E-state index contributed by atoms with van der Waals surface area (Å²) in [6.07, 6.45) is 0.839. The largest absolute Gasteiger partial charge is 0.492 e. The van der Waals surface area contributed by atoms with E-state index in [-0.39, 0.29) is 0 Å². The van der Waals surface area contributed by atoms with E-state index in [0.717, 1.165) is 17.7 Å². The van der Waals surface area contributed by atoms with Crippen LogP contribution >= 0.6 is 23.2 Å². The standard InChI is InChI=1S/C10H12Cl2O/c1-8-3-4-9(12)10(7-8)13-6-2-5-11/h3-4,7H,2,5-6H2,1H3. The number of benzene rings is 1. The Morgan fingerprint density at radius 1 is 1.38 bits per heavy atom. The summed E-state index contributed by atoms with van der Waals surface area (Å²) in [6, 6.07) is 5.72. The second-order valence-corrected chi connectivity index (χ2v) is 3.61. The molecule has 0 N–H and O–H groups in total. The van der Waals surface area contributed by atoms with Gasteiger partial charge in [-0.25, -0.2) is 0 Å². The Hall–Kier alpha value is -0.400. The highest BCUT2D eigenvalue weighted by Gasteiger charge is 2.00. The van der Waals surface area contributed by atoms with Crippen molar-refractivity contribution in [2.45, 2.75) is 13.3 Å². The summed E-state index contributed by atoms with van der Waals surface area (Å²) < 4.78 is 5.44. The minimum Gasteiger partial charge on any atom is -0.492 e. The number of halogens is 2. The van der Waals surface area contributed by atoms with E-state index in [0.29, 0.717) is 17.5 Å². The molecule has 1 nitrogen and oxygen atoms in total. The minimum absolute atomic E-state index is 0.615. The molecular weight excluding hydrogens is 207 g/mol. The smallest absolute Gasteiger partial charge is 0.138 e. The minimum atomic E-state index is 0.615. The van der Waals surface area contributed by atoms with Crippen LogP contribution in [0, 0.1) is 6.92 Å². The summed E-state index contributed by atoms with van der Waals surface area (Å²) in [5.41, 5.74) is 1.14. The van der Waals surface area contributed by atoms with Crippen LogP contribution in [0.25, 0.3) is 0 Å². The van der Waals surface area contributed by atoms with Crippen LogP contribution in [0.15, 0.2) is 18.2 Å². The maximum atomic E-state index is 5.92. The predicted molar refractivity (Wildman–Crippen MR) is 57.0 cm³/mol. The molecule has 0 aromatic heterocycles. The van der Waals surface area contributed by atoms with Crippen LogP contribution in [-0.4, -0.2) is 12.5 Å². The van der Waals surface area contributed by atoms with E-state index in [1.807, 2.05) is 25.1 Å². The lowest BCUT2D eigenvalue weighted by Crippen LogP contribution is -1.98. The Morgan fingerprint density at radius 2 is 2.15 bits per heavy atom. The van der Waals surface area contributed by atoms with Gasteiger partial charge in [-0.3, -0.25) is 0 Å². The zero-order valence-electron chi connectivity index (χ0n) is 7.52. The van der Waals surface area contributed by atoms with Crippen LogP contribution in [-0.2, 0) is 0 Å². The van der Waals surface area contributed by atoms with Gasteiger partial charge in [0.25, 0.3) is 0 Å². The van der Waals surface area contributed by atoms with E-state index >= 15 is 0 Å². The zero-order valence-corrected chi connectivity index (χ0v) is 9.03. The van der Waals surface area contributed by atoms with Crippen LogP contribution in [0.2, 0.25) is 5.02 Å². The molecular formula is C10H12Cl2O. The molecule has 1 aromatic rings. The second kappa shape index (κ2) is 5.36. The fourth-order valence-electron chi connectivity index (χ4n) is 0.958. The lowest BCUT2D eigenvalue weighted by Gasteiger charge is -2.07. The van der Waals surface area contributed by atoms with Crippen molar-refractivity contribution in [3.8, 4) is 5.75 Å². The number of rotatable bonds is 4. The highest BCUT2D eigenvalue weighted by molar-refractivity contribution is 6.32. The quantitative estimate of drug-likeness (QED) is 0.554. The third-order valence-electron chi connectivity index (χ3n) is 1.62. The summed E-state index contributed by atoms with van der Waals surface area (Å²) >= 11 is 11.4. The molecule has 0 unspecified atom stereocenters. The van der Waals surface area contributed by atoms with Crippen molar-refractivity contribution in [1.82, 2.24) is 0 Å². The number of ether oxygens (including phenoxy) is 1. The van der Waals surface area contributed by atoms with Crippen molar-refractivity contribution in [3.63, 3.8) is 0 Å². The first-order valence-corrected chi connectivity index (χ1v) is 5.10. The maximum absolute atomic E-state index is 5.92. The molecule has 0 aliphatic rings. The molecule has 0 saturated heterocycles. The molecule has 3 heteroatoms. The highest BCUT2D eigenvalue weighted by atomic mass is 35.5. The molecule has 0 bridgehead atoms. The summed E-state index contributed by atoms with van der Waals surface area (Å²) in [5.74, 6) is 1.36. The van der Waals surface area contributed by atoms with Crippen molar-refractivity contribution >= 4 is 23.2 Å². The van der Waals surface area contributed by atoms with E-state index in [1.165, 1.54) is 0 Å². The van der Waals surface area contributed by atoms with Gasteiger partial charge in [-0.1, -0.05) is 17.7 Å². The van der Waals surface area contributed by atoms with Crippen LogP contribution < -0.4 is 4.74 Å². The first-order valence-electron chi connectivity index (χ1n) is 4.19. The average molecular weight is 219 g/mol. The van der Waals surface area contributed by atoms with Crippen LogP contribution in [0.1, 0.15) is 12.0 Å². The molecule has 13 heavy (non-hydrogen) atoms. The van der Waals surface area contributed by atoms with Crippen molar-refractivity contribution in [2.24, 2.45) is 0 Å². The molecule has 0 saturated carbocycles. The first-order chi connectivity index (χ1) is 6.24. The summed E-state index contributed by atoms with van der Waals surface area (Å²) in [4.78, 5) is 0. The second-order valence-electron chi connectivity index (χ2n) is 2.82. The zero-order chi connectivity index (χ0) is 9.68. The van der Waals surface area contributed by atoms with Crippen molar-refractivity contribution in [2.75, 3.05) is 12.5 Å². The van der Waals surface area contributed by atoms with Crippen molar-refractivity contribution in [3.05, 3.63) is 28.8 Å². The summed E-state index contributed by atoms with van der Waals surface area (Å²) in [7, 11) is 0. The Kier molecular flexibility index (Phi) is 4.40. The Bertz CT molecular complexity index is 274. The molecule has 0 heterocycles. The van der Waals surface area contributed by atoms with Gasteiger partial charge in [-0.2, -0.15) is 0 Å². The third kappa shape index (κ3) is 3.45. The van der Waals surface area contributed by atoms with E-state index in [9.17, 15) is 0 Å². The van der Waals surface area contributed by atoms with Crippen LogP contribution in [0.5, 0.6) is 5.75 Å². The molecule has 0 fully saturated rings. The van der Waals surface area contributed by atoms with Crippen molar-refractivity contribution < 1.29 is 4.74 Å². The summed E-state index contributed by atoms with van der Waals surface area (Å²) in [5, 5.41) is 0.653. The monoisotopic (exact) mass is 218 g/mol. The van der Waals surface area contributed by atoms with Gasteiger partial charge in [0.1, 0.15) is 5.75 Å². The van der Waals surface area contributed by atoms with Gasteiger partial charge < -0.3 is 4.74 Å². The molecule has 0 aliphatic carbocycles. The number of hydrogen-bond donors (Lipinski definition) is 0. The first kappa shape index (κ1) is 10.7. The van der Waals surface area contributed by atoms with E-state index < -0.39 is 0 Å². The molecule has 72 valence electrons. The number of hydrogen-bond acceptors (Lipinski definition) is 1. The topological polar surface area (TPSA) is 9.23 Å². The molecule has 1 aromatic carbocycles. The molecule has 1 rings (SSSR count). The Labute approximate surface area is 88.6 Å². The van der Waals surface area contributed by atoms with Crippen LogP contribution in [0.3, 0.4) is 0 Å². The molecule has 0 spiro atoms. The summed E-state index contributed by atoms with van der Waals surface area (Å²) in [6.45, 7) is 2.62. The van der Waals surface area contributed by atoms with E-state index in [1.54, 1.807) is 0 Å². The van der Waals surface area contributed by atoms with Gasteiger partial charge >= 0.3 is 0 Å². The van der Waals surface area contributed by atoms with Gasteiger partial charge in [0.05, 0.1) is 11.6 Å². The number of alkyl halides is 1. The van der Waals surface area contributed by atoms with E-state index in [2.05, 4.69) is 0 Å². The van der Waals surface area contributed by atoms with Gasteiger partial charge in [-0.05, 0) is 31.0 Å². The molecule has 0 amide bonds. The van der Waals surface area contributed by atoms with Gasteiger partial charge in [-0.15, -0.1) is 11.6 Å².